The van der Waals surface area contributed by atoms with Crippen LogP contribution in [0.3, 0.4) is 0 Å². The third kappa shape index (κ3) is 3.98. The Balaban J connectivity index is 2.02. The van der Waals surface area contributed by atoms with Gasteiger partial charge in [-0.1, -0.05) is 30.7 Å². The van der Waals surface area contributed by atoms with E-state index in [0.717, 1.165) is 36.2 Å². The predicted molar refractivity (Wildman–Crippen MR) is 106 cm³/mol. The molecule has 2 heterocycles. The lowest BCUT2D eigenvalue weighted by Crippen LogP contribution is -2.39. The van der Waals surface area contributed by atoms with Gasteiger partial charge < -0.3 is 9.80 Å². The number of nitrogens with zero attached hydrogens (tertiary/aromatic N) is 4. The minimum absolute atomic E-state index is 0.204. The molecule has 0 aliphatic carbocycles. The Hall–Kier alpha value is -2.14. The van der Waals surface area contributed by atoms with Gasteiger partial charge in [0.05, 0.1) is 5.69 Å². The largest absolute Gasteiger partial charge is 0.347 e. The van der Waals surface area contributed by atoms with E-state index in [-0.39, 0.29) is 11.8 Å². The Bertz CT molecular complexity index is 793. The molecule has 0 unspecified atom stereocenters. The number of carbonyl (C=O) groups is 1. The highest BCUT2D eigenvalue weighted by Gasteiger charge is 2.27. The maximum atomic E-state index is 12.2. The second-order valence-electron chi connectivity index (χ2n) is 6.91. The molecule has 0 radical (unpaired) electrons. The quantitative estimate of drug-likeness (QED) is 0.814. The summed E-state index contributed by atoms with van der Waals surface area (Å²) >= 11 is 6.20. The van der Waals surface area contributed by atoms with Crippen molar-refractivity contribution in [2.45, 2.75) is 32.1 Å². The number of amides is 1. The van der Waals surface area contributed by atoms with Gasteiger partial charge in [0.1, 0.15) is 0 Å². The van der Waals surface area contributed by atoms with Crippen molar-refractivity contribution in [1.82, 2.24) is 14.9 Å². The van der Waals surface area contributed by atoms with Crippen LogP contribution in [-0.2, 0) is 4.79 Å². The van der Waals surface area contributed by atoms with E-state index in [9.17, 15) is 4.79 Å². The Labute approximate surface area is 160 Å². The van der Waals surface area contributed by atoms with Crippen molar-refractivity contribution in [3.8, 4) is 11.1 Å². The zero-order valence-corrected chi connectivity index (χ0v) is 16.3. The van der Waals surface area contributed by atoms with Gasteiger partial charge in [-0.05, 0) is 30.5 Å². The van der Waals surface area contributed by atoms with Crippen LogP contribution in [0.5, 0.6) is 0 Å². The van der Waals surface area contributed by atoms with Crippen LogP contribution in [0.4, 0.5) is 5.95 Å². The van der Waals surface area contributed by atoms with Gasteiger partial charge in [0.25, 0.3) is 0 Å². The van der Waals surface area contributed by atoms with Crippen LogP contribution in [0.2, 0.25) is 5.02 Å². The molecule has 1 fully saturated rings. The Morgan fingerprint density at radius 2 is 2.19 bits per heavy atom. The standard InChI is InChI=1S/C20H25ClN4O/c1-4-18(26)25-10-6-8-15(13-25)19-17(12-22-20(23-19)24(2)3)14-7-5-9-16(21)11-14/h5,7,9,11-12,15H,4,6,8,10,13H2,1-3H3/t15-/m0/s1. The number of hydrogen-bond donors (Lipinski definition) is 0. The molecule has 6 heteroatoms. The van der Waals surface area contributed by atoms with E-state index in [1.54, 1.807) is 0 Å². The number of likely N-dealkylation sites (tertiary alicyclic amines) is 1. The van der Waals surface area contributed by atoms with Gasteiger partial charge in [0.15, 0.2) is 0 Å². The zero-order valence-electron chi connectivity index (χ0n) is 15.6. The lowest BCUT2D eigenvalue weighted by Gasteiger charge is -2.33. The van der Waals surface area contributed by atoms with Gasteiger partial charge in [0.2, 0.25) is 11.9 Å². The number of piperidine rings is 1. The number of aromatic nitrogens is 2. The monoisotopic (exact) mass is 372 g/mol. The fraction of sp³-hybridized carbons (Fsp3) is 0.450. The third-order valence-corrected chi connectivity index (χ3v) is 5.04. The maximum absolute atomic E-state index is 12.2. The predicted octanol–water partition coefficient (Wildman–Crippen LogP) is 3.98. The first-order chi connectivity index (χ1) is 12.5. The minimum Gasteiger partial charge on any atom is -0.347 e. The Morgan fingerprint density at radius 1 is 1.38 bits per heavy atom. The molecule has 1 amide bonds. The number of anilines is 1. The van der Waals surface area contributed by atoms with E-state index in [4.69, 9.17) is 16.6 Å². The average Bonchev–Trinajstić information content (AvgIpc) is 2.67. The van der Waals surface area contributed by atoms with Crippen LogP contribution in [0, 0.1) is 0 Å². The fourth-order valence-corrected chi connectivity index (χ4v) is 3.63. The van der Waals surface area contributed by atoms with Gasteiger partial charge in [-0.3, -0.25) is 4.79 Å². The smallest absolute Gasteiger partial charge is 0.225 e. The first kappa shape index (κ1) is 18.6. The highest BCUT2D eigenvalue weighted by Crippen LogP contribution is 2.34. The van der Waals surface area contributed by atoms with Gasteiger partial charge in [0, 0.05) is 56.3 Å². The molecule has 138 valence electrons. The normalized spacial score (nSPS) is 17.2. The zero-order chi connectivity index (χ0) is 18.7. The summed E-state index contributed by atoms with van der Waals surface area (Å²) in [5.41, 5.74) is 3.00. The summed E-state index contributed by atoms with van der Waals surface area (Å²) < 4.78 is 0. The summed E-state index contributed by atoms with van der Waals surface area (Å²) in [5.74, 6) is 1.10. The molecule has 0 spiro atoms. The van der Waals surface area contributed by atoms with Gasteiger partial charge >= 0.3 is 0 Å². The fourth-order valence-electron chi connectivity index (χ4n) is 3.44. The summed E-state index contributed by atoms with van der Waals surface area (Å²) in [6, 6.07) is 7.77. The van der Waals surface area contributed by atoms with Crippen molar-refractivity contribution in [3.05, 3.63) is 41.2 Å². The van der Waals surface area contributed by atoms with Crippen LogP contribution in [0.25, 0.3) is 11.1 Å². The van der Waals surface area contributed by atoms with Crippen molar-refractivity contribution in [3.63, 3.8) is 0 Å². The SMILES string of the molecule is CCC(=O)N1CCC[C@H](c2nc(N(C)C)ncc2-c2cccc(Cl)c2)C1. The molecule has 0 saturated carbocycles. The van der Waals surface area contributed by atoms with Crippen molar-refractivity contribution < 1.29 is 4.79 Å². The molecule has 1 saturated heterocycles. The van der Waals surface area contributed by atoms with E-state index in [2.05, 4.69) is 4.98 Å². The van der Waals surface area contributed by atoms with Crippen LogP contribution in [0.15, 0.2) is 30.5 Å². The van der Waals surface area contributed by atoms with E-state index in [1.807, 2.05) is 61.3 Å². The van der Waals surface area contributed by atoms with Crippen LogP contribution < -0.4 is 4.90 Å². The topological polar surface area (TPSA) is 49.3 Å². The lowest BCUT2D eigenvalue weighted by atomic mass is 9.90. The van der Waals surface area contributed by atoms with Gasteiger partial charge in [-0.2, -0.15) is 0 Å². The number of halogens is 1. The molecule has 1 aliphatic heterocycles. The second-order valence-corrected chi connectivity index (χ2v) is 7.34. The molecule has 3 rings (SSSR count). The molecule has 1 aromatic heterocycles. The van der Waals surface area contributed by atoms with Crippen molar-refractivity contribution in [1.29, 1.82) is 0 Å². The van der Waals surface area contributed by atoms with E-state index >= 15 is 0 Å². The summed E-state index contributed by atoms with van der Waals surface area (Å²) in [7, 11) is 3.87. The number of rotatable bonds is 4. The van der Waals surface area contributed by atoms with Crippen molar-refractivity contribution in [2.24, 2.45) is 0 Å². The first-order valence-corrected chi connectivity index (χ1v) is 9.45. The van der Waals surface area contributed by atoms with Crippen LogP contribution >= 0.6 is 11.6 Å². The summed E-state index contributed by atoms with van der Waals surface area (Å²) in [4.78, 5) is 25.4. The van der Waals surface area contributed by atoms with E-state index < -0.39 is 0 Å². The number of hydrogen-bond acceptors (Lipinski definition) is 4. The number of carbonyl (C=O) groups excluding carboxylic acids is 1. The maximum Gasteiger partial charge on any atom is 0.225 e. The van der Waals surface area contributed by atoms with Crippen LogP contribution in [0.1, 0.15) is 37.8 Å². The van der Waals surface area contributed by atoms with Crippen molar-refractivity contribution in [2.75, 3.05) is 32.1 Å². The van der Waals surface area contributed by atoms with Crippen molar-refractivity contribution >= 4 is 23.5 Å². The molecular weight excluding hydrogens is 348 g/mol. The molecule has 1 atom stereocenters. The first-order valence-electron chi connectivity index (χ1n) is 9.07. The summed E-state index contributed by atoms with van der Waals surface area (Å²) in [5, 5.41) is 0.691. The molecular formula is C20H25ClN4O. The third-order valence-electron chi connectivity index (χ3n) is 4.80. The average molecular weight is 373 g/mol. The molecule has 0 bridgehead atoms. The molecule has 0 N–H and O–H groups in total. The molecule has 26 heavy (non-hydrogen) atoms. The summed E-state index contributed by atoms with van der Waals surface area (Å²) in [6.07, 6.45) is 4.43. The molecule has 5 nitrogen and oxygen atoms in total. The Morgan fingerprint density at radius 3 is 2.88 bits per heavy atom. The number of benzene rings is 1. The highest BCUT2D eigenvalue weighted by molar-refractivity contribution is 6.30. The van der Waals surface area contributed by atoms with E-state index in [0.29, 0.717) is 23.9 Å². The Kier molecular flexibility index (Phi) is 5.77. The lowest BCUT2D eigenvalue weighted by molar-refractivity contribution is -0.132. The van der Waals surface area contributed by atoms with Gasteiger partial charge in [-0.25, -0.2) is 9.97 Å². The van der Waals surface area contributed by atoms with E-state index in [1.165, 1.54) is 0 Å². The molecule has 1 aliphatic rings. The highest BCUT2D eigenvalue weighted by atomic mass is 35.5. The molecule has 2 aromatic rings. The molecule has 1 aromatic carbocycles. The summed E-state index contributed by atoms with van der Waals surface area (Å²) in [6.45, 7) is 3.46. The van der Waals surface area contributed by atoms with Gasteiger partial charge in [-0.15, -0.1) is 0 Å². The minimum atomic E-state index is 0.204. The second kappa shape index (κ2) is 8.04. The van der Waals surface area contributed by atoms with Crippen LogP contribution in [-0.4, -0.2) is 48.0 Å².